The molecule has 0 saturated carbocycles. The Bertz CT molecular complexity index is 810. The van der Waals surface area contributed by atoms with E-state index in [0.717, 1.165) is 0 Å². The Kier molecular flexibility index (Phi) is 5.69. The second kappa shape index (κ2) is 6.72. The number of rotatable bonds is 2. The van der Waals surface area contributed by atoms with Crippen LogP contribution in [0.15, 0.2) is 43.9 Å². The summed E-state index contributed by atoms with van der Waals surface area (Å²) in [5.41, 5.74) is -11.7. The van der Waals surface area contributed by atoms with Crippen LogP contribution in [0.4, 0.5) is 52.7 Å². The predicted octanol–water partition coefficient (Wildman–Crippen LogP) is 7.46. The van der Waals surface area contributed by atoms with Crippen LogP contribution in [-0.4, -0.2) is 29.1 Å². The summed E-state index contributed by atoms with van der Waals surface area (Å²) < 4.78 is 164. The van der Waals surface area contributed by atoms with Crippen molar-refractivity contribution in [2.45, 2.75) is 23.0 Å². The fraction of sp³-hybridized carbons (Fsp3) is 0.333. The molecule has 0 N–H and O–H groups in total. The highest BCUT2D eigenvalue weighted by atomic mass is 79.9. The summed E-state index contributed by atoms with van der Waals surface area (Å²) in [6, 6.07) is 0. The Morgan fingerprint density at radius 1 is 0.571 bits per heavy atom. The molecule has 0 radical (unpaired) electrons. The van der Waals surface area contributed by atoms with Gasteiger partial charge in [0.15, 0.2) is 35.0 Å². The Labute approximate surface area is 169 Å². The quantitative estimate of drug-likeness (QED) is 0.236. The fourth-order valence-corrected chi connectivity index (χ4v) is 3.70. The zero-order valence-electron chi connectivity index (χ0n) is 12.2. The molecule has 28 heavy (non-hydrogen) atoms. The number of hydrogen-bond donors (Lipinski definition) is 0. The average Bonchev–Trinajstić information content (AvgIpc) is 2.64. The van der Waals surface area contributed by atoms with Crippen LogP contribution in [0.2, 0.25) is 0 Å². The second-order valence-electron chi connectivity index (χ2n) is 5.45. The van der Waals surface area contributed by atoms with Gasteiger partial charge in [-0.15, -0.1) is 0 Å². The first kappa shape index (κ1) is 23.7. The summed E-state index contributed by atoms with van der Waals surface area (Å²) in [4.78, 5) is 0. The second-order valence-corrected chi connectivity index (χ2v) is 7.47. The van der Waals surface area contributed by atoms with E-state index in [1.54, 1.807) is 31.9 Å². The molecule has 2 rings (SSSR count). The van der Waals surface area contributed by atoms with E-state index in [0.29, 0.717) is 0 Å². The van der Waals surface area contributed by atoms with Crippen molar-refractivity contribution in [1.29, 1.82) is 0 Å². The van der Waals surface area contributed by atoms with Gasteiger partial charge in [-0.2, -0.15) is 29.0 Å². The van der Waals surface area contributed by atoms with Crippen LogP contribution in [0.1, 0.15) is 0 Å². The zero-order valence-corrected chi connectivity index (χ0v) is 16.2. The molecule has 0 fully saturated rings. The Morgan fingerprint density at radius 3 is 1.07 bits per heavy atom. The predicted molar refractivity (Wildman–Crippen MR) is 81.8 cm³/mol. The molecule has 0 aliphatic heterocycles. The van der Waals surface area contributed by atoms with Crippen molar-refractivity contribution in [3.8, 4) is 0 Å². The molecule has 0 aromatic heterocycles. The minimum absolute atomic E-state index is 1.79. The van der Waals surface area contributed by atoms with Gasteiger partial charge < -0.3 is 0 Å². The van der Waals surface area contributed by atoms with Gasteiger partial charge in [-0.05, 0) is 31.9 Å². The summed E-state index contributed by atoms with van der Waals surface area (Å²) in [5, 5.41) is 0. The molecule has 0 amide bonds. The van der Waals surface area contributed by atoms with Gasteiger partial charge in [0.25, 0.3) is 0 Å². The number of allylic oxidation sites excluding steroid dienone is 8. The van der Waals surface area contributed by atoms with E-state index in [1.807, 2.05) is 0 Å². The van der Waals surface area contributed by atoms with Gasteiger partial charge in [-0.3, -0.25) is 0 Å². The first-order chi connectivity index (χ1) is 12.4. The van der Waals surface area contributed by atoms with Crippen LogP contribution in [0.5, 0.6) is 0 Å². The van der Waals surface area contributed by atoms with Crippen molar-refractivity contribution < 1.29 is 52.7 Å². The van der Waals surface area contributed by atoms with E-state index in [2.05, 4.69) is 0 Å². The van der Waals surface area contributed by atoms with Gasteiger partial charge in [0.1, 0.15) is 0 Å². The standard InChI is InChI=1S/C12BBr2ClF12/c14-1-3(17)7(21)9(23,11(25,26)5(1)19)13(16)10(24)8(22)4(18)2(15)6(20)12(10,27)28. The lowest BCUT2D eigenvalue weighted by molar-refractivity contribution is -0.101. The fourth-order valence-electron chi connectivity index (χ4n) is 2.39. The first-order valence-corrected chi connectivity index (χ1v) is 8.46. The van der Waals surface area contributed by atoms with Crippen molar-refractivity contribution >= 4 is 49.4 Å². The Morgan fingerprint density at radius 2 is 0.821 bits per heavy atom. The van der Waals surface area contributed by atoms with E-state index in [1.165, 1.54) is 0 Å². The highest BCUT2D eigenvalue weighted by molar-refractivity contribution is 9.12. The van der Waals surface area contributed by atoms with Crippen molar-refractivity contribution in [1.82, 2.24) is 0 Å². The molecule has 2 unspecified atom stereocenters. The summed E-state index contributed by atoms with van der Waals surface area (Å²) in [7, 11) is 0. The molecule has 0 saturated heterocycles. The number of hydrogen-bond acceptors (Lipinski definition) is 0. The number of halogens is 15. The van der Waals surface area contributed by atoms with Crippen LogP contribution in [-0.2, 0) is 0 Å². The van der Waals surface area contributed by atoms with Crippen molar-refractivity contribution in [3.63, 3.8) is 0 Å². The third-order valence-corrected chi connectivity index (χ3v) is 5.95. The van der Waals surface area contributed by atoms with Gasteiger partial charge in [-0.1, -0.05) is 0 Å². The Hall–Kier alpha value is -0.565. The van der Waals surface area contributed by atoms with Gasteiger partial charge in [0, 0.05) is 0 Å². The van der Waals surface area contributed by atoms with Gasteiger partial charge in [0.2, 0.25) is 11.1 Å². The maximum atomic E-state index is 14.8. The molecule has 2 atom stereocenters. The molecule has 0 nitrogen and oxygen atoms in total. The Balaban J connectivity index is 2.86. The molecule has 16 heteroatoms. The van der Waals surface area contributed by atoms with Crippen molar-refractivity contribution in [2.75, 3.05) is 0 Å². The summed E-state index contributed by atoms with van der Waals surface area (Å²) >= 11 is 8.41. The lowest BCUT2D eigenvalue weighted by Gasteiger charge is -2.43. The van der Waals surface area contributed by atoms with Crippen LogP contribution in [0.3, 0.4) is 0 Å². The van der Waals surface area contributed by atoms with Crippen molar-refractivity contribution in [3.05, 3.63) is 43.9 Å². The lowest BCUT2D eigenvalue weighted by Crippen LogP contribution is -2.69. The smallest absolute Gasteiger partial charge is 0.236 e. The average molecular weight is 578 g/mol. The molecule has 156 valence electrons. The van der Waals surface area contributed by atoms with Crippen molar-refractivity contribution in [2.24, 2.45) is 0 Å². The highest BCUT2D eigenvalue weighted by Crippen LogP contribution is 2.62. The van der Waals surface area contributed by atoms with Gasteiger partial charge in [-0.25, -0.2) is 35.1 Å². The molecule has 0 heterocycles. The van der Waals surface area contributed by atoms with Gasteiger partial charge in [0.05, 0.1) is 8.96 Å². The maximum Gasteiger partial charge on any atom is 0.367 e. The molecule has 2 aliphatic rings. The van der Waals surface area contributed by atoms with E-state index in [4.69, 9.17) is 11.5 Å². The normalized spacial score (nSPS) is 33.1. The first-order valence-electron chi connectivity index (χ1n) is 6.44. The topological polar surface area (TPSA) is 0 Å². The minimum Gasteiger partial charge on any atom is -0.236 e. The molecule has 2 aliphatic carbocycles. The monoisotopic (exact) mass is 576 g/mol. The third-order valence-electron chi connectivity index (χ3n) is 3.96. The molecule has 0 spiro atoms. The summed E-state index contributed by atoms with van der Waals surface area (Å²) in [5.74, 6) is -30.7. The summed E-state index contributed by atoms with van der Waals surface area (Å²) in [6.45, 7) is 0. The molecule has 0 aromatic rings. The SMILES string of the molecule is FC1=C(F)C(F)(B(Cl)C2(F)C(F)=C(F)C(Br)=C(F)C2(F)F)C(F)(F)C(F)=C1Br. The van der Waals surface area contributed by atoms with E-state index in [9.17, 15) is 52.7 Å². The maximum absolute atomic E-state index is 14.8. The lowest BCUT2D eigenvalue weighted by atomic mass is 9.43. The van der Waals surface area contributed by atoms with E-state index in [-0.39, 0.29) is 0 Å². The molecular formula is C12BBr2ClF12. The van der Waals surface area contributed by atoms with Crippen LogP contribution in [0.25, 0.3) is 0 Å². The highest BCUT2D eigenvalue weighted by Gasteiger charge is 2.82. The molecular weight excluding hydrogens is 578 g/mol. The van der Waals surface area contributed by atoms with Crippen LogP contribution >= 0.6 is 43.3 Å². The zero-order chi connectivity index (χ0) is 22.2. The summed E-state index contributed by atoms with van der Waals surface area (Å²) in [6.07, 6.45) is -4.61. The van der Waals surface area contributed by atoms with E-state index < -0.39 is 73.0 Å². The van der Waals surface area contributed by atoms with Crippen LogP contribution < -0.4 is 0 Å². The largest absolute Gasteiger partial charge is 0.367 e. The molecule has 0 bridgehead atoms. The third kappa shape index (κ3) is 2.53. The van der Waals surface area contributed by atoms with E-state index >= 15 is 0 Å². The molecule has 0 aromatic carbocycles. The van der Waals surface area contributed by atoms with Crippen LogP contribution in [0, 0.1) is 0 Å². The minimum atomic E-state index is -6.00. The van der Waals surface area contributed by atoms with Gasteiger partial charge >= 0.3 is 18.0 Å². The number of alkyl halides is 6.